The zero-order valence-corrected chi connectivity index (χ0v) is 11.1. The second-order valence-corrected chi connectivity index (χ2v) is 5.30. The summed E-state index contributed by atoms with van der Waals surface area (Å²) in [6, 6.07) is 0. The molecule has 0 spiro atoms. The summed E-state index contributed by atoms with van der Waals surface area (Å²) < 4.78 is 1.02. The van der Waals surface area contributed by atoms with Gasteiger partial charge in [-0.3, -0.25) is 0 Å². The van der Waals surface area contributed by atoms with Gasteiger partial charge in [0.1, 0.15) is 12.1 Å². The normalized spacial score (nSPS) is 11.4. The second kappa shape index (κ2) is 5.11. The topological polar surface area (TPSA) is 37.8 Å². The van der Waals surface area contributed by atoms with Crippen LogP contribution in [0.3, 0.4) is 0 Å². The monoisotopic (exact) mass is 325 g/mol. The van der Waals surface area contributed by atoms with Crippen LogP contribution in [0.5, 0.6) is 0 Å². The van der Waals surface area contributed by atoms with E-state index in [0.717, 1.165) is 15.9 Å². The van der Waals surface area contributed by atoms with E-state index in [1.54, 1.807) is 6.20 Å². The van der Waals surface area contributed by atoms with Crippen molar-refractivity contribution in [3.05, 3.63) is 16.1 Å². The van der Waals surface area contributed by atoms with Crippen LogP contribution in [0.25, 0.3) is 0 Å². The summed E-state index contributed by atoms with van der Waals surface area (Å²) in [7, 11) is 0. The molecule has 0 aromatic carbocycles. The Bertz CT molecular complexity index is 304. The number of aromatic nitrogens is 2. The quantitative estimate of drug-likeness (QED) is 0.683. The van der Waals surface area contributed by atoms with Gasteiger partial charge in [0.05, 0.1) is 3.57 Å². The molecule has 0 unspecified atom stereocenters. The Balaban J connectivity index is 2.58. The van der Waals surface area contributed by atoms with Gasteiger partial charge in [-0.05, 0) is 28.0 Å². The largest absolute Gasteiger partial charge is 0.369 e. The van der Waals surface area contributed by atoms with Gasteiger partial charge in [0.2, 0.25) is 0 Å². The Kier molecular flexibility index (Phi) is 4.37. The summed E-state index contributed by atoms with van der Waals surface area (Å²) in [5.74, 6) is 1.50. The van der Waals surface area contributed by atoms with Gasteiger partial charge in [0.15, 0.2) is 0 Å². The van der Waals surface area contributed by atoms with Gasteiger partial charge >= 0.3 is 0 Å². The standard InChI is InChI=1S/C9H13ClIN3/c1-9(2,4-10)5-13-8-7(11)3-12-6-14-8/h3,6H,4-5H2,1-2H3,(H,12,13,14). The van der Waals surface area contributed by atoms with Gasteiger partial charge < -0.3 is 5.32 Å². The van der Waals surface area contributed by atoms with Gasteiger partial charge in [0, 0.05) is 18.6 Å². The zero-order chi connectivity index (χ0) is 10.6. The van der Waals surface area contributed by atoms with E-state index < -0.39 is 0 Å². The summed E-state index contributed by atoms with van der Waals surface area (Å²) in [5.41, 5.74) is 0.0790. The molecule has 1 N–H and O–H groups in total. The molecule has 0 radical (unpaired) electrons. The molecule has 1 rings (SSSR count). The van der Waals surface area contributed by atoms with Crippen molar-refractivity contribution in [3.8, 4) is 0 Å². The Morgan fingerprint density at radius 1 is 1.57 bits per heavy atom. The maximum atomic E-state index is 5.82. The molecular weight excluding hydrogens is 312 g/mol. The predicted molar refractivity (Wildman–Crippen MR) is 67.7 cm³/mol. The highest BCUT2D eigenvalue weighted by Crippen LogP contribution is 2.19. The van der Waals surface area contributed by atoms with E-state index in [-0.39, 0.29) is 5.41 Å². The van der Waals surface area contributed by atoms with Crippen LogP contribution in [-0.4, -0.2) is 22.4 Å². The van der Waals surface area contributed by atoms with Crippen LogP contribution in [0.1, 0.15) is 13.8 Å². The molecule has 14 heavy (non-hydrogen) atoms. The van der Waals surface area contributed by atoms with Crippen LogP contribution in [0.2, 0.25) is 0 Å². The predicted octanol–water partition coefficient (Wildman–Crippen LogP) is 2.76. The van der Waals surface area contributed by atoms with Gasteiger partial charge in [-0.1, -0.05) is 13.8 Å². The summed E-state index contributed by atoms with van der Waals surface area (Å²) >= 11 is 8.03. The average Bonchev–Trinajstić information content (AvgIpc) is 2.17. The van der Waals surface area contributed by atoms with Crippen LogP contribution in [0.4, 0.5) is 5.82 Å². The first-order chi connectivity index (χ1) is 6.55. The van der Waals surface area contributed by atoms with Crippen LogP contribution in [0, 0.1) is 8.99 Å². The van der Waals surface area contributed by atoms with Crippen molar-refractivity contribution < 1.29 is 0 Å². The number of halogens is 2. The molecule has 1 aromatic heterocycles. The molecule has 0 saturated carbocycles. The number of hydrogen-bond donors (Lipinski definition) is 1. The van der Waals surface area contributed by atoms with Crippen LogP contribution in [0.15, 0.2) is 12.5 Å². The second-order valence-electron chi connectivity index (χ2n) is 3.87. The molecule has 78 valence electrons. The lowest BCUT2D eigenvalue weighted by atomic mass is 9.97. The van der Waals surface area contributed by atoms with Crippen molar-refractivity contribution >= 4 is 40.0 Å². The lowest BCUT2D eigenvalue weighted by Gasteiger charge is -2.22. The van der Waals surface area contributed by atoms with Crippen molar-refractivity contribution in [2.75, 3.05) is 17.7 Å². The number of hydrogen-bond acceptors (Lipinski definition) is 3. The maximum absolute atomic E-state index is 5.82. The molecule has 1 heterocycles. The van der Waals surface area contributed by atoms with E-state index in [4.69, 9.17) is 11.6 Å². The molecule has 0 fully saturated rings. The maximum Gasteiger partial charge on any atom is 0.142 e. The number of anilines is 1. The third kappa shape index (κ3) is 3.57. The fourth-order valence-electron chi connectivity index (χ4n) is 0.813. The Morgan fingerprint density at radius 2 is 2.29 bits per heavy atom. The minimum atomic E-state index is 0.0790. The third-order valence-corrected chi connectivity index (χ3v) is 3.28. The van der Waals surface area contributed by atoms with Gasteiger partial charge in [-0.2, -0.15) is 0 Å². The fraction of sp³-hybridized carbons (Fsp3) is 0.556. The van der Waals surface area contributed by atoms with Crippen molar-refractivity contribution in [3.63, 3.8) is 0 Å². The lowest BCUT2D eigenvalue weighted by molar-refractivity contribution is 0.449. The van der Waals surface area contributed by atoms with E-state index in [1.165, 1.54) is 6.33 Å². The van der Waals surface area contributed by atoms with Crippen molar-refractivity contribution in [1.29, 1.82) is 0 Å². The van der Waals surface area contributed by atoms with Crippen molar-refractivity contribution in [2.45, 2.75) is 13.8 Å². The Morgan fingerprint density at radius 3 is 2.86 bits per heavy atom. The molecular formula is C9H13ClIN3. The summed E-state index contributed by atoms with van der Waals surface area (Å²) in [4.78, 5) is 8.07. The summed E-state index contributed by atoms with van der Waals surface area (Å²) in [6.45, 7) is 5.03. The van der Waals surface area contributed by atoms with Crippen molar-refractivity contribution in [2.24, 2.45) is 5.41 Å². The molecule has 0 aliphatic heterocycles. The van der Waals surface area contributed by atoms with E-state index in [9.17, 15) is 0 Å². The first kappa shape index (κ1) is 12.0. The fourth-order valence-corrected chi connectivity index (χ4v) is 1.40. The highest BCUT2D eigenvalue weighted by molar-refractivity contribution is 14.1. The Hall–Kier alpha value is -0.100. The average molecular weight is 326 g/mol. The summed E-state index contributed by atoms with van der Waals surface area (Å²) in [6.07, 6.45) is 3.32. The molecule has 3 nitrogen and oxygen atoms in total. The molecule has 0 atom stereocenters. The number of alkyl halides is 1. The molecule has 0 aliphatic carbocycles. The SMILES string of the molecule is CC(C)(CCl)CNc1ncncc1I. The zero-order valence-electron chi connectivity index (χ0n) is 8.22. The number of nitrogens with zero attached hydrogens (tertiary/aromatic N) is 2. The number of nitrogens with one attached hydrogen (secondary N) is 1. The molecule has 1 aromatic rings. The van der Waals surface area contributed by atoms with Crippen molar-refractivity contribution in [1.82, 2.24) is 9.97 Å². The molecule has 0 aliphatic rings. The van der Waals surface area contributed by atoms with Crippen LogP contribution < -0.4 is 5.32 Å². The van der Waals surface area contributed by atoms with E-state index >= 15 is 0 Å². The van der Waals surface area contributed by atoms with Gasteiger partial charge in [-0.25, -0.2) is 9.97 Å². The first-order valence-corrected chi connectivity index (χ1v) is 5.92. The minimum Gasteiger partial charge on any atom is -0.369 e. The van der Waals surface area contributed by atoms with Gasteiger partial charge in [0.25, 0.3) is 0 Å². The highest BCUT2D eigenvalue weighted by atomic mass is 127. The third-order valence-electron chi connectivity index (χ3n) is 1.76. The summed E-state index contributed by atoms with van der Waals surface area (Å²) in [5, 5.41) is 3.26. The van der Waals surface area contributed by atoms with E-state index in [1.807, 2.05) is 0 Å². The number of rotatable bonds is 4. The van der Waals surface area contributed by atoms with Gasteiger partial charge in [-0.15, -0.1) is 11.6 Å². The molecule has 0 bridgehead atoms. The Labute approximate surface area is 103 Å². The van der Waals surface area contributed by atoms with Crippen LogP contribution in [-0.2, 0) is 0 Å². The molecule has 0 amide bonds. The van der Waals surface area contributed by atoms with Crippen LogP contribution >= 0.6 is 34.2 Å². The smallest absolute Gasteiger partial charge is 0.142 e. The van der Waals surface area contributed by atoms with E-state index in [2.05, 4.69) is 51.7 Å². The lowest BCUT2D eigenvalue weighted by Crippen LogP contribution is -2.25. The molecule has 0 saturated heterocycles. The first-order valence-electron chi connectivity index (χ1n) is 4.30. The molecule has 5 heteroatoms. The van der Waals surface area contributed by atoms with E-state index in [0.29, 0.717) is 5.88 Å². The minimum absolute atomic E-state index is 0.0790. The highest BCUT2D eigenvalue weighted by Gasteiger charge is 2.16.